The highest BCUT2D eigenvalue weighted by Gasteiger charge is 2.22. The number of rotatable bonds is 5. The van der Waals surface area contributed by atoms with E-state index >= 15 is 0 Å². The molecular weight excluding hydrogens is 318 g/mol. The first-order chi connectivity index (χ1) is 12.2. The summed E-state index contributed by atoms with van der Waals surface area (Å²) in [7, 11) is 0. The molecule has 6 heteroatoms. The maximum atomic E-state index is 12.4. The maximum Gasteiger partial charge on any atom is 0.338 e. The van der Waals surface area contributed by atoms with Crippen LogP contribution in [0.2, 0.25) is 0 Å². The van der Waals surface area contributed by atoms with Crippen LogP contribution in [0.25, 0.3) is 0 Å². The van der Waals surface area contributed by atoms with E-state index in [4.69, 9.17) is 4.74 Å². The molecule has 0 radical (unpaired) electrons. The molecule has 0 N–H and O–H groups in total. The fraction of sp³-hybridized carbons (Fsp3) is 0.316. The Kier molecular flexibility index (Phi) is 5.74. The summed E-state index contributed by atoms with van der Waals surface area (Å²) in [5.74, 6) is -0.260. The van der Waals surface area contributed by atoms with E-state index in [2.05, 4.69) is 9.88 Å². The summed E-state index contributed by atoms with van der Waals surface area (Å²) < 4.78 is 5.29. The van der Waals surface area contributed by atoms with Crippen LogP contribution in [0, 0.1) is 0 Å². The van der Waals surface area contributed by atoms with Crippen molar-refractivity contribution < 1.29 is 14.3 Å². The predicted octanol–water partition coefficient (Wildman–Crippen LogP) is 1.70. The number of aromatic nitrogens is 1. The minimum absolute atomic E-state index is 0.0735. The van der Waals surface area contributed by atoms with Crippen LogP contribution in [0.15, 0.2) is 54.9 Å². The van der Waals surface area contributed by atoms with Crippen molar-refractivity contribution in [3.63, 3.8) is 0 Å². The predicted molar refractivity (Wildman–Crippen MR) is 93.3 cm³/mol. The Morgan fingerprint density at radius 2 is 1.60 bits per heavy atom. The number of nitrogens with zero attached hydrogens (tertiary/aromatic N) is 3. The SMILES string of the molecule is O=C(OCCN1CCN(C(=O)c2ccccc2)CC1)c1ccncc1. The monoisotopic (exact) mass is 339 g/mol. The lowest BCUT2D eigenvalue weighted by Gasteiger charge is -2.34. The van der Waals surface area contributed by atoms with Gasteiger partial charge in [0.2, 0.25) is 0 Å². The molecule has 2 heterocycles. The Hall–Kier alpha value is -2.73. The molecule has 2 aromatic rings. The van der Waals surface area contributed by atoms with E-state index in [0.717, 1.165) is 18.7 Å². The molecule has 1 aromatic heterocycles. The molecule has 1 fully saturated rings. The fourth-order valence-corrected chi connectivity index (χ4v) is 2.78. The number of hydrogen-bond donors (Lipinski definition) is 0. The molecule has 1 saturated heterocycles. The number of amides is 1. The van der Waals surface area contributed by atoms with Crippen molar-refractivity contribution in [2.75, 3.05) is 39.3 Å². The first-order valence-corrected chi connectivity index (χ1v) is 8.38. The number of carbonyl (C=O) groups excluding carboxylic acids is 2. The third-order valence-corrected chi connectivity index (χ3v) is 4.24. The highest BCUT2D eigenvalue weighted by molar-refractivity contribution is 5.94. The Balaban J connectivity index is 1.39. The zero-order valence-electron chi connectivity index (χ0n) is 14.0. The summed E-state index contributed by atoms with van der Waals surface area (Å²) in [6.45, 7) is 3.95. The van der Waals surface area contributed by atoms with Crippen LogP contribution in [-0.4, -0.2) is 66.0 Å². The van der Waals surface area contributed by atoms with Gasteiger partial charge in [0.25, 0.3) is 5.91 Å². The van der Waals surface area contributed by atoms with E-state index in [0.29, 0.717) is 31.8 Å². The molecule has 0 atom stereocenters. The van der Waals surface area contributed by atoms with E-state index < -0.39 is 0 Å². The lowest BCUT2D eigenvalue weighted by Crippen LogP contribution is -2.49. The molecule has 1 aromatic carbocycles. The molecule has 1 aliphatic rings. The number of benzene rings is 1. The van der Waals surface area contributed by atoms with E-state index in [-0.39, 0.29) is 11.9 Å². The quantitative estimate of drug-likeness (QED) is 0.776. The van der Waals surface area contributed by atoms with Crippen molar-refractivity contribution in [1.82, 2.24) is 14.8 Å². The van der Waals surface area contributed by atoms with Crippen molar-refractivity contribution in [2.45, 2.75) is 0 Å². The standard InChI is InChI=1S/C19H21N3O3/c23-18(16-4-2-1-3-5-16)22-12-10-21(11-13-22)14-15-25-19(24)17-6-8-20-9-7-17/h1-9H,10-15H2. The topological polar surface area (TPSA) is 62.7 Å². The average molecular weight is 339 g/mol. The highest BCUT2D eigenvalue weighted by Crippen LogP contribution is 2.09. The fourth-order valence-electron chi connectivity index (χ4n) is 2.78. The molecule has 0 bridgehead atoms. The van der Waals surface area contributed by atoms with E-state index in [1.807, 2.05) is 35.2 Å². The van der Waals surface area contributed by atoms with Gasteiger partial charge in [-0.2, -0.15) is 0 Å². The van der Waals surface area contributed by atoms with Crippen LogP contribution in [0.4, 0.5) is 0 Å². The molecule has 130 valence electrons. The molecule has 3 rings (SSSR count). The highest BCUT2D eigenvalue weighted by atomic mass is 16.5. The summed E-state index contributed by atoms with van der Waals surface area (Å²) in [6.07, 6.45) is 3.14. The van der Waals surface area contributed by atoms with Crippen LogP contribution in [0.1, 0.15) is 20.7 Å². The van der Waals surface area contributed by atoms with Gasteiger partial charge < -0.3 is 9.64 Å². The second-order valence-corrected chi connectivity index (χ2v) is 5.87. The molecule has 25 heavy (non-hydrogen) atoms. The minimum atomic E-state index is -0.333. The van der Waals surface area contributed by atoms with Gasteiger partial charge in [0.1, 0.15) is 6.61 Å². The number of ether oxygens (including phenoxy) is 1. The molecule has 0 aliphatic carbocycles. The normalized spacial score (nSPS) is 15.0. The van der Waals surface area contributed by atoms with Crippen LogP contribution < -0.4 is 0 Å². The number of piperazine rings is 1. The van der Waals surface area contributed by atoms with Gasteiger partial charge in [-0.15, -0.1) is 0 Å². The average Bonchev–Trinajstić information content (AvgIpc) is 2.69. The third kappa shape index (κ3) is 4.64. The number of hydrogen-bond acceptors (Lipinski definition) is 5. The lowest BCUT2D eigenvalue weighted by atomic mass is 10.2. The minimum Gasteiger partial charge on any atom is -0.461 e. The van der Waals surface area contributed by atoms with Gasteiger partial charge in [0.15, 0.2) is 0 Å². The van der Waals surface area contributed by atoms with Gasteiger partial charge in [0, 0.05) is 50.7 Å². The van der Waals surface area contributed by atoms with Crippen LogP contribution in [0.3, 0.4) is 0 Å². The molecular formula is C19H21N3O3. The maximum absolute atomic E-state index is 12.4. The Morgan fingerprint density at radius 3 is 2.28 bits per heavy atom. The first-order valence-electron chi connectivity index (χ1n) is 8.38. The number of esters is 1. The zero-order chi connectivity index (χ0) is 17.5. The Bertz CT molecular complexity index is 696. The van der Waals surface area contributed by atoms with Gasteiger partial charge in [-0.25, -0.2) is 4.79 Å². The first kappa shape index (κ1) is 17.1. The second kappa shape index (κ2) is 8.39. The van der Waals surface area contributed by atoms with Crippen molar-refractivity contribution >= 4 is 11.9 Å². The number of pyridine rings is 1. The smallest absolute Gasteiger partial charge is 0.338 e. The lowest BCUT2D eigenvalue weighted by molar-refractivity contribution is 0.0412. The summed E-state index contributed by atoms with van der Waals surface area (Å²) in [4.78, 5) is 32.2. The molecule has 0 spiro atoms. The Labute approximate surface area is 147 Å². The molecule has 1 amide bonds. The van der Waals surface area contributed by atoms with Crippen molar-refractivity contribution in [1.29, 1.82) is 0 Å². The third-order valence-electron chi connectivity index (χ3n) is 4.24. The van der Waals surface area contributed by atoms with Crippen LogP contribution in [0.5, 0.6) is 0 Å². The molecule has 0 saturated carbocycles. The van der Waals surface area contributed by atoms with E-state index in [1.54, 1.807) is 24.5 Å². The Morgan fingerprint density at radius 1 is 0.920 bits per heavy atom. The summed E-state index contributed by atoms with van der Waals surface area (Å²) in [5.41, 5.74) is 1.23. The van der Waals surface area contributed by atoms with Crippen molar-refractivity contribution in [3.05, 3.63) is 66.0 Å². The van der Waals surface area contributed by atoms with Crippen molar-refractivity contribution in [2.24, 2.45) is 0 Å². The zero-order valence-corrected chi connectivity index (χ0v) is 14.0. The van der Waals surface area contributed by atoms with Gasteiger partial charge in [-0.3, -0.25) is 14.7 Å². The van der Waals surface area contributed by atoms with Crippen molar-refractivity contribution in [3.8, 4) is 0 Å². The molecule has 6 nitrogen and oxygen atoms in total. The summed E-state index contributed by atoms with van der Waals surface area (Å²) in [5, 5.41) is 0. The van der Waals surface area contributed by atoms with Gasteiger partial charge in [-0.1, -0.05) is 18.2 Å². The summed E-state index contributed by atoms with van der Waals surface area (Å²) in [6, 6.07) is 12.6. The largest absolute Gasteiger partial charge is 0.461 e. The second-order valence-electron chi connectivity index (χ2n) is 5.87. The van der Waals surface area contributed by atoms with Gasteiger partial charge in [-0.05, 0) is 24.3 Å². The molecule has 1 aliphatic heterocycles. The van der Waals surface area contributed by atoms with Gasteiger partial charge >= 0.3 is 5.97 Å². The van der Waals surface area contributed by atoms with E-state index in [9.17, 15) is 9.59 Å². The van der Waals surface area contributed by atoms with E-state index in [1.165, 1.54) is 0 Å². The number of carbonyl (C=O) groups is 2. The van der Waals surface area contributed by atoms with Gasteiger partial charge in [0.05, 0.1) is 5.56 Å². The molecule has 0 unspecified atom stereocenters. The summed E-state index contributed by atoms with van der Waals surface area (Å²) >= 11 is 0. The van der Waals surface area contributed by atoms with Crippen LogP contribution >= 0.6 is 0 Å². The van der Waals surface area contributed by atoms with Crippen LogP contribution in [-0.2, 0) is 4.74 Å².